The van der Waals surface area contributed by atoms with Crippen molar-refractivity contribution in [1.29, 1.82) is 0 Å². The van der Waals surface area contributed by atoms with Crippen molar-refractivity contribution in [3.63, 3.8) is 0 Å². The number of nitrogens with zero attached hydrogens (tertiary/aromatic N) is 3. The van der Waals surface area contributed by atoms with E-state index < -0.39 is 0 Å². The molecule has 1 amide bonds. The first-order valence-corrected chi connectivity index (χ1v) is 11.9. The maximum absolute atomic E-state index is 13.4. The van der Waals surface area contributed by atoms with Gasteiger partial charge >= 0.3 is 0 Å². The summed E-state index contributed by atoms with van der Waals surface area (Å²) < 4.78 is 2.09. The average Bonchev–Trinajstić information content (AvgIpc) is 3.22. The van der Waals surface area contributed by atoms with Crippen LogP contribution in [0, 0.1) is 0 Å². The Balaban J connectivity index is 1.32. The lowest BCUT2D eigenvalue weighted by Crippen LogP contribution is -2.42. The third-order valence-corrected chi connectivity index (χ3v) is 7.26. The lowest BCUT2D eigenvalue weighted by molar-refractivity contribution is 0.0753. The van der Waals surface area contributed by atoms with Crippen LogP contribution in [0.3, 0.4) is 0 Å². The Bertz CT molecular complexity index is 885. The van der Waals surface area contributed by atoms with E-state index >= 15 is 0 Å². The van der Waals surface area contributed by atoms with Crippen molar-refractivity contribution in [3.8, 4) is 0 Å². The van der Waals surface area contributed by atoms with Gasteiger partial charge < -0.3 is 10.2 Å². The van der Waals surface area contributed by atoms with E-state index in [0.29, 0.717) is 12.1 Å². The summed E-state index contributed by atoms with van der Waals surface area (Å²) in [7, 11) is 0. The first-order valence-electron chi connectivity index (χ1n) is 11.9. The minimum atomic E-state index is 0.161. The van der Waals surface area contributed by atoms with Crippen LogP contribution in [0.4, 0.5) is 0 Å². The van der Waals surface area contributed by atoms with Crippen LogP contribution >= 0.6 is 0 Å². The molecule has 0 unspecified atom stereocenters. The largest absolute Gasteiger partial charge is 0.337 e. The lowest BCUT2D eigenvalue weighted by Gasteiger charge is -2.28. The average molecular weight is 407 g/mol. The van der Waals surface area contributed by atoms with Gasteiger partial charge in [-0.1, -0.05) is 37.1 Å². The molecule has 1 atom stereocenters. The van der Waals surface area contributed by atoms with Crippen LogP contribution in [0.25, 0.3) is 0 Å². The molecule has 2 aliphatic carbocycles. The molecule has 1 N–H and O–H groups in total. The minimum absolute atomic E-state index is 0.161. The second kappa shape index (κ2) is 8.54. The molecule has 0 saturated carbocycles. The zero-order chi connectivity index (χ0) is 20.5. The van der Waals surface area contributed by atoms with Crippen LogP contribution in [0.2, 0.25) is 0 Å². The number of benzene rings is 1. The molecule has 1 aliphatic heterocycles. The third kappa shape index (κ3) is 3.80. The molecular weight excluding hydrogens is 372 g/mol. The third-order valence-electron chi connectivity index (χ3n) is 7.26. The molecule has 0 bridgehead atoms. The summed E-state index contributed by atoms with van der Waals surface area (Å²) in [6.07, 6.45) is 10.0. The quantitative estimate of drug-likeness (QED) is 0.845. The number of fused-ring (bicyclic) bond motifs is 2. The SMILES string of the molecule is CCn1nc(C(=O)N2CCCCCC2)c2c1CC[C@@H](NC1Cc3ccccc3C1)C2. The Kier molecular flexibility index (Phi) is 5.64. The van der Waals surface area contributed by atoms with Gasteiger partial charge in [-0.25, -0.2) is 0 Å². The number of likely N-dealkylation sites (tertiary alicyclic amines) is 1. The van der Waals surface area contributed by atoms with E-state index in [1.807, 2.05) is 0 Å². The van der Waals surface area contributed by atoms with Crippen molar-refractivity contribution >= 4 is 5.91 Å². The first kappa shape index (κ1) is 19.8. The molecule has 1 fully saturated rings. The first-order chi connectivity index (χ1) is 14.7. The summed E-state index contributed by atoms with van der Waals surface area (Å²) in [5, 5.41) is 8.74. The van der Waals surface area contributed by atoms with E-state index in [4.69, 9.17) is 5.10 Å². The molecule has 1 aromatic carbocycles. The summed E-state index contributed by atoms with van der Waals surface area (Å²) in [5.74, 6) is 0.161. The number of aryl methyl sites for hydroxylation is 1. The summed E-state index contributed by atoms with van der Waals surface area (Å²) in [6, 6.07) is 9.77. The lowest BCUT2D eigenvalue weighted by atomic mass is 9.90. The summed E-state index contributed by atoms with van der Waals surface area (Å²) >= 11 is 0. The highest BCUT2D eigenvalue weighted by Crippen LogP contribution is 2.28. The van der Waals surface area contributed by atoms with Crippen molar-refractivity contribution in [1.82, 2.24) is 20.0 Å². The van der Waals surface area contributed by atoms with Gasteiger partial charge in [0.15, 0.2) is 5.69 Å². The zero-order valence-electron chi connectivity index (χ0n) is 18.2. The van der Waals surface area contributed by atoms with Gasteiger partial charge in [0.05, 0.1) is 0 Å². The monoisotopic (exact) mass is 406 g/mol. The summed E-state index contributed by atoms with van der Waals surface area (Å²) in [5.41, 5.74) is 6.22. The summed E-state index contributed by atoms with van der Waals surface area (Å²) in [4.78, 5) is 15.4. The number of aromatic nitrogens is 2. The normalized spacial score (nSPS) is 21.9. The maximum Gasteiger partial charge on any atom is 0.274 e. The fourth-order valence-electron chi connectivity index (χ4n) is 5.70. The maximum atomic E-state index is 13.4. The molecule has 5 nitrogen and oxygen atoms in total. The summed E-state index contributed by atoms with van der Waals surface area (Å²) in [6.45, 7) is 4.74. The highest BCUT2D eigenvalue weighted by molar-refractivity contribution is 5.94. The fraction of sp³-hybridized carbons (Fsp3) is 0.600. The Labute approximate surface area is 179 Å². The second-order valence-corrected chi connectivity index (χ2v) is 9.28. The van der Waals surface area contributed by atoms with Gasteiger partial charge in [-0.2, -0.15) is 5.10 Å². The molecule has 1 aromatic heterocycles. The molecule has 30 heavy (non-hydrogen) atoms. The zero-order valence-corrected chi connectivity index (χ0v) is 18.2. The Morgan fingerprint density at radius 1 is 1.03 bits per heavy atom. The van der Waals surface area contributed by atoms with Crippen LogP contribution in [0.15, 0.2) is 24.3 Å². The number of carbonyl (C=O) groups is 1. The Hall–Kier alpha value is -2.14. The number of hydrogen-bond acceptors (Lipinski definition) is 3. The molecule has 0 spiro atoms. The second-order valence-electron chi connectivity index (χ2n) is 9.28. The van der Waals surface area contributed by atoms with Crippen molar-refractivity contribution in [2.75, 3.05) is 13.1 Å². The molecule has 1 saturated heterocycles. The van der Waals surface area contributed by atoms with Crippen molar-refractivity contribution in [2.45, 2.75) is 83.3 Å². The van der Waals surface area contributed by atoms with Crippen molar-refractivity contribution in [3.05, 3.63) is 52.3 Å². The fourth-order valence-corrected chi connectivity index (χ4v) is 5.70. The van der Waals surface area contributed by atoms with E-state index in [1.54, 1.807) is 0 Å². The van der Waals surface area contributed by atoms with Gasteiger partial charge in [-0.05, 0) is 63.0 Å². The van der Waals surface area contributed by atoms with Gasteiger partial charge in [0.25, 0.3) is 5.91 Å². The van der Waals surface area contributed by atoms with Crippen molar-refractivity contribution in [2.24, 2.45) is 0 Å². The van der Waals surface area contributed by atoms with Crippen LogP contribution < -0.4 is 5.32 Å². The highest BCUT2D eigenvalue weighted by atomic mass is 16.2. The topological polar surface area (TPSA) is 50.2 Å². The van der Waals surface area contributed by atoms with E-state index in [0.717, 1.165) is 70.3 Å². The van der Waals surface area contributed by atoms with Gasteiger partial charge in [0, 0.05) is 43.0 Å². The predicted molar refractivity (Wildman–Crippen MR) is 119 cm³/mol. The van der Waals surface area contributed by atoms with Crippen LogP contribution in [-0.2, 0) is 32.2 Å². The number of amides is 1. The van der Waals surface area contributed by atoms with Crippen LogP contribution in [0.1, 0.15) is 71.9 Å². The number of nitrogens with one attached hydrogen (secondary N) is 1. The number of carbonyl (C=O) groups excluding carboxylic acids is 1. The standard InChI is InChI=1S/C25H34N4O/c1-2-29-23-12-11-20(26-21-15-18-9-5-6-10-19(18)16-21)17-22(23)24(27-29)25(30)28-13-7-3-4-8-14-28/h5-6,9-10,20-21,26H,2-4,7-8,11-17H2,1H3/t20-/m1/s1. The minimum Gasteiger partial charge on any atom is -0.337 e. The predicted octanol–water partition coefficient (Wildman–Crippen LogP) is 3.53. The molecule has 3 aliphatic rings. The van der Waals surface area contributed by atoms with Gasteiger partial charge in [0.1, 0.15) is 0 Å². The van der Waals surface area contributed by atoms with Gasteiger partial charge in [-0.15, -0.1) is 0 Å². The van der Waals surface area contributed by atoms with E-state index in [-0.39, 0.29) is 5.91 Å². The van der Waals surface area contributed by atoms with E-state index in [1.165, 1.54) is 35.2 Å². The number of rotatable bonds is 4. The number of hydrogen-bond donors (Lipinski definition) is 1. The van der Waals surface area contributed by atoms with Gasteiger partial charge in [0.2, 0.25) is 0 Å². The Morgan fingerprint density at radius 2 is 1.73 bits per heavy atom. The molecular formula is C25H34N4O. The van der Waals surface area contributed by atoms with E-state index in [9.17, 15) is 4.79 Å². The molecule has 2 aromatic rings. The Morgan fingerprint density at radius 3 is 2.40 bits per heavy atom. The van der Waals surface area contributed by atoms with Gasteiger partial charge in [-0.3, -0.25) is 9.48 Å². The molecule has 5 heteroatoms. The smallest absolute Gasteiger partial charge is 0.274 e. The molecule has 0 radical (unpaired) electrons. The van der Waals surface area contributed by atoms with Crippen molar-refractivity contribution < 1.29 is 4.79 Å². The van der Waals surface area contributed by atoms with Crippen LogP contribution in [0.5, 0.6) is 0 Å². The van der Waals surface area contributed by atoms with E-state index in [2.05, 4.69) is 46.1 Å². The molecule has 5 rings (SSSR count). The highest BCUT2D eigenvalue weighted by Gasteiger charge is 2.32. The molecule has 2 heterocycles. The van der Waals surface area contributed by atoms with Crippen LogP contribution in [-0.4, -0.2) is 45.8 Å². The molecule has 160 valence electrons.